The van der Waals surface area contributed by atoms with Crippen molar-refractivity contribution in [3.63, 3.8) is 0 Å². The Balaban J connectivity index is 2.03. The molecule has 0 spiro atoms. The van der Waals surface area contributed by atoms with E-state index >= 15 is 0 Å². The van der Waals surface area contributed by atoms with Crippen LogP contribution >= 0.6 is 11.6 Å². The number of nitrogens with one attached hydrogen (secondary N) is 1. The first kappa shape index (κ1) is 12.3. The van der Waals surface area contributed by atoms with Crippen LogP contribution in [0.5, 0.6) is 0 Å². The Morgan fingerprint density at radius 2 is 2.39 bits per heavy atom. The standard InChI is InChI=1S/C11H10ClN5O/c1-17-10(9(12)7-15-17)11(18)16-14-6-8-4-2-3-5-13-8/h2-7H,1H3,(H,16,18). The lowest BCUT2D eigenvalue weighted by Gasteiger charge is -2.00. The molecule has 7 heteroatoms. The third-order valence-corrected chi connectivity index (χ3v) is 2.44. The van der Waals surface area contributed by atoms with Crippen LogP contribution in [0.15, 0.2) is 35.7 Å². The quantitative estimate of drug-likeness (QED) is 0.669. The van der Waals surface area contributed by atoms with Gasteiger partial charge in [-0.25, -0.2) is 5.43 Å². The summed E-state index contributed by atoms with van der Waals surface area (Å²) in [6, 6.07) is 5.40. The predicted molar refractivity (Wildman–Crippen MR) is 67.5 cm³/mol. The number of halogens is 1. The summed E-state index contributed by atoms with van der Waals surface area (Å²) in [7, 11) is 1.63. The van der Waals surface area contributed by atoms with Crippen molar-refractivity contribution in [1.82, 2.24) is 20.2 Å². The molecule has 2 heterocycles. The fourth-order valence-corrected chi connectivity index (χ4v) is 1.58. The Hall–Kier alpha value is -2.21. The van der Waals surface area contributed by atoms with Crippen LogP contribution in [0.25, 0.3) is 0 Å². The zero-order valence-electron chi connectivity index (χ0n) is 9.54. The number of amides is 1. The van der Waals surface area contributed by atoms with Gasteiger partial charge in [-0.15, -0.1) is 0 Å². The Bertz CT molecular complexity index is 559. The van der Waals surface area contributed by atoms with E-state index in [4.69, 9.17) is 11.6 Å². The minimum Gasteiger partial charge on any atom is -0.266 e. The fourth-order valence-electron chi connectivity index (χ4n) is 1.33. The van der Waals surface area contributed by atoms with Gasteiger partial charge < -0.3 is 0 Å². The lowest BCUT2D eigenvalue weighted by Crippen LogP contribution is -2.21. The van der Waals surface area contributed by atoms with Crippen molar-refractivity contribution < 1.29 is 4.79 Å². The monoisotopic (exact) mass is 263 g/mol. The largest absolute Gasteiger partial charge is 0.291 e. The van der Waals surface area contributed by atoms with Crippen LogP contribution in [0, 0.1) is 0 Å². The maximum atomic E-state index is 11.7. The van der Waals surface area contributed by atoms with Gasteiger partial charge in [0.25, 0.3) is 5.91 Å². The molecular formula is C11H10ClN5O. The summed E-state index contributed by atoms with van der Waals surface area (Å²) in [5, 5.41) is 7.94. The van der Waals surface area contributed by atoms with E-state index in [9.17, 15) is 4.79 Å². The summed E-state index contributed by atoms with van der Waals surface area (Å²) >= 11 is 5.83. The Morgan fingerprint density at radius 3 is 3.00 bits per heavy atom. The number of carbonyl (C=O) groups is 1. The average Bonchev–Trinajstić information content (AvgIpc) is 2.70. The average molecular weight is 264 g/mol. The molecule has 0 aliphatic carbocycles. The number of rotatable bonds is 3. The van der Waals surface area contributed by atoms with Crippen LogP contribution in [0.3, 0.4) is 0 Å². The van der Waals surface area contributed by atoms with Gasteiger partial charge in [-0.2, -0.15) is 10.2 Å². The maximum Gasteiger partial charge on any atom is 0.291 e. The number of hydrogen-bond donors (Lipinski definition) is 1. The van der Waals surface area contributed by atoms with E-state index in [2.05, 4.69) is 20.6 Å². The van der Waals surface area contributed by atoms with Crippen LogP contribution in [0.1, 0.15) is 16.2 Å². The van der Waals surface area contributed by atoms with E-state index in [1.165, 1.54) is 17.1 Å². The van der Waals surface area contributed by atoms with Gasteiger partial charge in [0, 0.05) is 13.2 Å². The molecule has 0 unspecified atom stereocenters. The van der Waals surface area contributed by atoms with Crippen molar-refractivity contribution in [2.24, 2.45) is 12.1 Å². The van der Waals surface area contributed by atoms with Crippen molar-refractivity contribution >= 4 is 23.7 Å². The normalized spacial score (nSPS) is 10.8. The molecule has 0 fully saturated rings. The first-order valence-electron chi connectivity index (χ1n) is 5.10. The summed E-state index contributed by atoms with van der Waals surface area (Å²) in [6.07, 6.45) is 4.49. The molecule has 1 N–H and O–H groups in total. The second-order valence-electron chi connectivity index (χ2n) is 3.42. The van der Waals surface area contributed by atoms with Gasteiger partial charge in [-0.1, -0.05) is 17.7 Å². The molecule has 0 aliphatic heterocycles. The number of aryl methyl sites for hydroxylation is 1. The van der Waals surface area contributed by atoms with Crippen molar-refractivity contribution in [2.45, 2.75) is 0 Å². The number of hydrogen-bond acceptors (Lipinski definition) is 4. The SMILES string of the molecule is Cn1ncc(Cl)c1C(=O)NN=Cc1ccccn1. The van der Waals surface area contributed by atoms with E-state index < -0.39 is 5.91 Å². The second kappa shape index (κ2) is 5.42. The van der Waals surface area contributed by atoms with Gasteiger partial charge in [-0.05, 0) is 12.1 Å². The third-order valence-electron chi connectivity index (χ3n) is 2.16. The summed E-state index contributed by atoms with van der Waals surface area (Å²) in [5.74, 6) is -0.424. The van der Waals surface area contributed by atoms with E-state index in [0.29, 0.717) is 5.69 Å². The molecule has 0 atom stereocenters. The van der Waals surface area contributed by atoms with Gasteiger partial charge in [0.15, 0.2) is 0 Å². The Morgan fingerprint density at radius 1 is 1.56 bits per heavy atom. The van der Waals surface area contributed by atoms with E-state index in [0.717, 1.165) is 0 Å². The number of pyridine rings is 1. The maximum absolute atomic E-state index is 11.7. The Labute approximate surface area is 108 Å². The van der Waals surface area contributed by atoms with Gasteiger partial charge in [-0.3, -0.25) is 14.5 Å². The number of nitrogens with zero attached hydrogens (tertiary/aromatic N) is 4. The van der Waals surface area contributed by atoms with Gasteiger partial charge in [0.05, 0.1) is 23.1 Å². The smallest absolute Gasteiger partial charge is 0.266 e. The van der Waals surface area contributed by atoms with Crippen LogP contribution in [0.2, 0.25) is 5.02 Å². The predicted octanol–water partition coefficient (Wildman–Crippen LogP) is 1.23. The number of aromatic nitrogens is 3. The van der Waals surface area contributed by atoms with E-state index in [-0.39, 0.29) is 10.7 Å². The second-order valence-corrected chi connectivity index (χ2v) is 3.83. The van der Waals surface area contributed by atoms with E-state index in [1.54, 1.807) is 25.4 Å². The molecule has 6 nitrogen and oxygen atoms in total. The van der Waals surface area contributed by atoms with Crippen LogP contribution in [0.4, 0.5) is 0 Å². The van der Waals surface area contributed by atoms with Gasteiger partial charge in [0.2, 0.25) is 0 Å². The summed E-state index contributed by atoms with van der Waals surface area (Å²) in [6.45, 7) is 0. The van der Waals surface area contributed by atoms with Crippen LogP contribution in [-0.4, -0.2) is 26.9 Å². The molecule has 1 amide bonds. The minimum absolute atomic E-state index is 0.259. The van der Waals surface area contributed by atoms with Crippen molar-refractivity contribution in [3.8, 4) is 0 Å². The van der Waals surface area contributed by atoms with Crippen molar-refractivity contribution in [1.29, 1.82) is 0 Å². The molecule has 2 rings (SSSR count). The highest BCUT2D eigenvalue weighted by molar-refractivity contribution is 6.33. The first-order chi connectivity index (χ1) is 8.68. The number of carbonyl (C=O) groups excluding carboxylic acids is 1. The molecule has 2 aromatic heterocycles. The first-order valence-corrected chi connectivity index (χ1v) is 5.48. The van der Waals surface area contributed by atoms with Gasteiger partial charge in [0.1, 0.15) is 5.69 Å². The van der Waals surface area contributed by atoms with E-state index in [1.807, 2.05) is 6.07 Å². The minimum atomic E-state index is -0.424. The summed E-state index contributed by atoms with van der Waals surface area (Å²) in [4.78, 5) is 15.8. The molecule has 92 valence electrons. The summed E-state index contributed by atoms with van der Waals surface area (Å²) in [5.41, 5.74) is 3.27. The lowest BCUT2D eigenvalue weighted by molar-refractivity contribution is 0.0946. The van der Waals surface area contributed by atoms with Crippen LogP contribution < -0.4 is 5.43 Å². The zero-order valence-corrected chi connectivity index (χ0v) is 10.3. The third kappa shape index (κ3) is 2.72. The molecule has 0 aromatic carbocycles. The fraction of sp³-hybridized carbons (Fsp3) is 0.0909. The highest BCUT2D eigenvalue weighted by Crippen LogP contribution is 2.13. The van der Waals surface area contributed by atoms with Crippen molar-refractivity contribution in [2.75, 3.05) is 0 Å². The molecule has 0 radical (unpaired) electrons. The zero-order chi connectivity index (χ0) is 13.0. The highest BCUT2D eigenvalue weighted by Gasteiger charge is 2.14. The molecule has 0 saturated carbocycles. The molecular weight excluding hydrogens is 254 g/mol. The molecule has 18 heavy (non-hydrogen) atoms. The highest BCUT2D eigenvalue weighted by atomic mass is 35.5. The Kier molecular flexibility index (Phi) is 3.69. The molecule has 0 saturated heterocycles. The van der Waals surface area contributed by atoms with Crippen molar-refractivity contribution in [3.05, 3.63) is 47.0 Å². The number of hydrazone groups is 1. The topological polar surface area (TPSA) is 72.2 Å². The molecule has 0 bridgehead atoms. The molecule has 0 aliphatic rings. The lowest BCUT2D eigenvalue weighted by atomic mass is 10.4. The summed E-state index contributed by atoms with van der Waals surface area (Å²) < 4.78 is 1.38. The molecule has 2 aromatic rings. The van der Waals surface area contributed by atoms with Gasteiger partial charge >= 0.3 is 0 Å². The van der Waals surface area contributed by atoms with Crippen LogP contribution in [-0.2, 0) is 7.05 Å².